The van der Waals surface area contributed by atoms with Gasteiger partial charge in [0.2, 0.25) is 17.8 Å². The predicted molar refractivity (Wildman–Crippen MR) is 180 cm³/mol. The molecule has 1 aliphatic heterocycles. The van der Waals surface area contributed by atoms with Crippen LogP contribution in [-0.4, -0.2) is 146 Å². The fraction of sp³-hybridized carbons (Fsp3) is 0.581. The molecule has 4 rings (SSSR count). The molecule has 15 heteroatoms. The topological polar surface area (TPSA) is 122 Å². The highest BCUT2D eigenvalue weighted by Gasteiger charge is 2.29. The fourth-order valence-electron chi connectivity index (χ4n) is 5.09. The molecule has 0 saturated carbocycles. The Morgan fingerprint density at radius 2 is 1.37 bits per heavy atom. The first-order chi connectivity index (χ1) is 22.3. The number of anilines is 4. The highest BCUT2D eigenvalue weighted by molar-refractivity contribution is 6.30. The normalized spacial score (nSPS) is 13.5. The summed E-state index contributed by atoms with van der Waals surface area (Å²) < 4.78 is 21.6. The van der Waals surface area contributed by atoms with E-state index >= 15 is 0 Å². The van der Waals surface area contributed by atoms with E-state index in [1.54, 1.807) is 33.3 Å². The molecule has 1 aromatic carbocycles. The molecule has 252 valence electrons. The van der Waals surface area contributed by atoms with Crippen LogP contribution in [0.25, 0.3) is 11.0 Å². The molecule has 0 unspecified atom stereocenters. The van der Waals surface area contributed by atoms with E-state index in [1.807, 2.05) is 58.0 Å². The van der Waals surface area contributed by atoms with Gasteiger partial charge < -0.3 is 43.4 Å². The lowest BCUT2D eigenvalue weighted by Gasteiger charge is -2.34. The summed E-state index contributed by atoms with van der Waals surface area (Å²) in [6.07, 6.45) is 0. The highest BCUT2D eigenvalue weighted by Crippen LogP contribution is 2.33. The van der Waals surface area contributed by atoms with Crippen LogP contribution in [0.4, 0.5) is 23.5 Å². The van der Waals surface area contributed by atoms with Gasteiger partial charge in [-0.15, -0.1) is 0 Å². The number of halogens is 1. The Labute approximate surface area is 276 Å². The standard InChI is InChI=1S/C31H46ClN9O5/c1-37-10-11-41(22-25(37)42)29-27-26(33-31(36-29)40(14-18-45-5)15-19-46-6)28(38(2)21-23-8-7-9-24(32)20-23)35-30(34-27)39(12-16-43-3)13-17-44-4/h7-9,20H,10-19,21-22H2,1-6H3. The van der Waals surface area contributed by atoms with E-state index in [4.69, 9.17) is 50.5 Å². The van der Waals surface area contributed by atoms with Crippen LogP contribution in [0.15, 0.2) is 24.3 Å². The van der Waals surface area contributed by atoms with Crippen LogP contribution in [0.5, 0.6) is 0 Å². The van der Waals surface area contributed by atoms with Crippen LogP contribution in [0.3, 0.4) is 0 Å². The third-order valence-electron chi connectivity index (χ3n) is 7.74. The molecule has 0 N–H and O–H groups in total. The van der Waals surface area contributed by atoms with Crippen LogP contribution >= 0.6 is 11.6 Å². The van der Waals surface area contributed by atoms with E-state index in [1.165, 1.54) is 0 Å². The molecule has 0 aliphatic carbocycles. The molecule has 0 bridgehead atoms. The number of piperazine rings is 1. The number of fused-ring (bicyclic) bond motifs is 1. The van der Waals surface area contributed by atoms with Gasteiger partial charge in [0.05, 0.1) is 33.0 Å². The zero-order chi connectivity index (χ0) is 33.1. The smallest absolute Gasteiger partial charge is 0.241 e. The van der Waals surface area contributed by atoms with Crippen LogP contribution in [-0.2, 0) is 30.3 Å². The Morgan fingerprint density at radius 3 is 1.91 bits per heavy atom. The Morgan fingerprint density at radius 1 is 0.804 bits per heavy atom. The average molecular weight is 660 g/mol. The first kappa shape index (κ1) is 35.3. The summed E-state index contributed by atoms with van der Waals surface area (Å²) in [6, 6.07) is 7.74. The van der Waals surface area contributed by atoms with Crippen molar-refractivity contribution < 1.29 is 23.7 Å². The molecule has 0 spiro atoms. The number of likely N-dealkylation sites (N-methyl/N-ethyl adjacent to an activating group) is 1. The molecule has 1 aliphatic rings. The summed E-state index contributed by atoms with van der Waals surface area (Å²) >= 11 is 6.34. The highest BCUT2D eigenvalue weighted by atomic mass is 35.5. The molecular formula is C31H46ClN9O5. The minimum atomic E-state index is 0.00424. The lowest BCUT2D eigenvalue weighted by molar-refractivity contribution is -0.129. The number of nitrogens with zero attached hydrogens (tertiary/aromatic N) is 9. The fourth-order valence-corrected chi connectivity index (χ4v) is 5.30. The number of amides is 1. The maximum atomic E-state index is 12.9. The van der Waals surface area contributed by atoms with Crippen LogP contribution in [0.1, 0.15) is 5.56 Å². The first-order valence-corrected chi connectivity index (χ1v) is 15.7. The number of rotatable bonds is 18. The second-order valence-electron chi connectivity index (χ2n) is 11.1. The van der Waals surface area contributed by atoms with Gasteiger partial charge in [-0.2, -0.15) is 9.97 Å². The predicted octanol–water partition coefficient (Wildman–Crippen LogP) is 2.19. The number of hydrogen-bond donors (Lipinski definition) is 0. The van der Waals surface area contributed by atoms with Crippen molar-refractivity contribution in [2.24, 2.45) is 0 Å². The molecule has 14 nitrogen and oxygen atoms in total. The van der Waals surface area contributed by atoms with Crippen LogP contribution < -0.4 is 19.6 Å². The van der Waals surface area contributed by atoms with Crippen molar-refractivity contribution in [3.05, 3.63) is 34.9 Å². The van der Waals surface area contributed by atoms with Gasteiger partial charge in [0.1, 0.15) is 11.0 Å². The Bertz CT molecular complexity index is 1420. The summed E-state index contributed by atoms with van der Waals surface area (Å²) in [5.41, 5.74) is 2.13. The number of methoxy groups -OCH3 is 4. The monoisotopic (exact) mass is 659 g/mol. The van der Waals surface area contributed by atoms with E-state index in [9.17, 15) is 4.79 Å². The molecule has 46 heavy (non-hydrogen) atoms. The van der Waals surface area contributed by atoms with Crippen molar-refractivity contribution in [1.82, 2.24) is 24.8 Å². The van der Waals surface area contributed by atoms with E-state index in [0.717, 1.165) is 5.56 Å². The number of hydrogen-bond acceptors (Lipinski definition) is 13. The van der Waals surface area contributed by atoms with Crippen molar-refractivity contribution in [2.45, 2.75) is 6.54 Å². The lowest BCUT2D eigenvalue weighted by atomic mass is 10.2. The number of benzene rings is 1. The molecule has 1 amide bonds. The van der Waals surface area contributed by atoms with Crippen molar-refractivity contribution in [3.63, 3.8) is 0 Å². The molecule has 0 radical (unpaired) electrons. The zero-order valence-corrected chi connectivity index (χ0v) is 28.5. The van der Waals surface area contributed by atoms with Gasteiger partial charge in [0.25, 0.3) is 0 Å². The van der Waals surface area contributed by atoms with Crippen LogP contribution in [0.2, 0.25) is 5.02 Å². The van der Waals surface area contributed by atoms with E-state index in [-0.39, 0.29) is 12.5 Å². The quantitative estimate of drug-likeness (QED) is 0.199. The van der Waals surface area contributed by atoms with Crippen LogP contribution in [0, 0.1) is 0 Å². The SMILES string of the molecule is COCCN(CCOC)c1nc(N2CCN(C)C(=O)C2)c2nc(N(CCOC)CCOC)nc(N(C)Cc3cccc(Cl)c3)c2n1. The Hall–Kier alpha value is -3.56. The average Bonchev–Trinajstić information content (AvgIpc) is 3.05. The summed E-state index contributed by atoms with van der Waals surface area (Å²) in [4.78, 5) is 43.1. The molecule has 2 aromatic heterocycles. The summed E-state index contributed by atoms with van der Waals surface area (Å²) in [7, 11) is 10.4. The Balaban J connectivity index is 1.96. The lowest BCUT2D eigenvalue weighted by Crippen LogP contribution is -2.49. The van der Waals surface area contributed by atoms with Gasteiger partial charge in [-0.1, -0.05) is 23.7 Å². The van der Waals surface area contributed by atoms with Gasteiger partial charge in [0, 0.05) is 93.4 Å². The number of aromatic nitrogens is 4. The first-order valence-electron chi connectivity index (χ1n) is 15.3. The number of ether oxygens (including phenoxy) is 4. The zero-order valence-electron chi connectivity index (χ0n) is 27.7. The maximum Gasteiger partial charge on any atom is 0.241 e. The molecule has 1 fully saturated rings. The summed E-state index contributed by atoms with van der Waals surface area (Å²) in [5, 5.41) is 0.656. The van der Waals surface area contributed by atoms with Gasteiger partial charge in [-0.25, -0.2) is 9.97 Å². The number of carbonyl (C=O) groups excluding carboxylic acids is 1. The molecule has 3 aromatic rings. The molecule has 0 atom stereocenters. The van der Waals surface area contributed by atoms with E-state index in [0.29, 0.717) is 112 Å². The minimum absolute atomic E-state index is 0.00424. The second-order valence-corrected chi connectivity index (χ2v) is 11.5. The van der Waals surface area contributed by atoms with Crippen molar-refractivity contribution in [1.29, 1.82) is 0 Å². The van der Waals surface area contributed by atoms with Crippen molar-refractivity contribution in [3.8, 4) is 0 Å². The van der Waals surface area contributed by atoms with Gasteiger partial charge in [-0.3, -0.25) is 4.79 Å². The Kier molecular flexibility index (Phi) is 13.3. The third kappa shape index (κ3) is 9.04. The van der Waals surface area contributed by atoms with Crippen molar-refractivity contribution >= 4 is 52.1 Å². The van der Waals surface area contributed by atoms with Gasteiger partial charge in [-0.05, 0) is 17.7 Å². The van der Waals surface area contributed by atoms with Gasteiger partial charge in [0.15, 0.2) is 11.6 Å². The maximum absolute atomic E-state index is 12.9. The van der Waals surface area contributed by atoms with E-state index in [2.05, 4.69) is 0 Å². The molecular weight excluding hydrogens is 614 g/mol. The summed E-state index contributed by atoms with van der Waals surface area (Å²) in [6.45, 7) is 5.90. The van der Waals surface area contributed by atoms with Gasteiger partial charge >= 0.3 is 0 Å². The second kappa shape index (κ2) is 17.4. The molecule has 3 heterocycles. The largest absolute Gasteiger partial charge is 0.383 e. The number of carbonyl (C=O) groups is 1. The van der Waals surface area contributed by atoms with Crippen molar-refractivity contribution in [2.75, 3.05) is 134 Å². The third-order valence-corrected chi connectivity index (χ3v) is 7.97. The molecule has 1 saturated heterocycles. The minimum Gasteiger partial charge on any atom is -0.383 e. The van der Waals surface area contributed by atoms with E-state index < -0.39 is 0 Å². The summed E-state index contributed by atoms with van der Waals surface area (Å²) in [5.74, 6) is 2.16.